The monoisotopic (exact) mass is 328 g/mol. The Morgan fingerprint density at radius 2 is 2.21 bits per heavy atom. The third-order valence-corrected chi connectivity index (χ3v) is 4.60. The van der Waals surface area contributed by atoms with E-state index in [9.17, 15) is 25.1 Å². The number of nitriles is 1. The number of aliphatic hydroxyl groups excluding tert-OH is 1. The van der Waals surface area contributed by atoms with E-state index in [-0.39, 0.29) is 17.6 Å². The Bertz CT molecular complexity index is 806. The number of carboxylic acid groups (broad SMARTS) is 1. The Morgan fingerprint density at radius 1 is 1.50 bits per heavy atom. The van der Waals surface area contributed by atoms with Crippen molar-refractivity contribution in [3.63, 3.8) is 0 Å². The molecule has 2 aliphatic heterocycles. The first-order chi connectivity index (χ1) is 11.4. The van der Waals surface area contributed by atoms with Crippen molar-refractivity contribution in [2.75, 3.05) is 7.11 Å². The van der Waals surface area contributed by atoms with Crippen LogP contribution in [0.1, 0.15) is 24.5 Å². The number of carboxylic acids is 1. The van der Waals surface area contributed by atoms with Crippen LogP contribution in [0.2, 0.25) is 0 Å². The number of carbonyl (C=O) groups is 2. The molecular weight excluding hydrogens is 312 g/mol. The molecule has 1 saturated heterocycles. The molecule has 0 aliphatic carbocycles. The lowest BCUT2D eigenvalue weighted by atomic mass is 9.82. The summed E-state index contributed by atoms with van der Waals surface area (Å²) in [6.45, 7) is 1.53. The maximum absolute atomic E-state index is 12.2. The summed E-state index contributed by atoms with van der Waals surface area (Å²) in [4.78, 5) is 25.1. The molecule has 0 bridgehead atoms. The van der Waals surface area contributed by atoms with Crippen molar-refractivity contribution in [1.82, 2.24) is 4.90 Å². The fourth-order valence-corrected chi connectivity index (χ4v) is 3.51. The van der Waals surface area contributed by atoms with Gasteiger partial charge in [0.2, 0.25) is 5.91 Å². The van der Waals surface area contributed by atoms with Crippen molar-refractivity contribution in [3.05, 3.63) is 35.0 Å². The fraction of sp³-hybridized carbons (Fsp3) is 0.353. The topological polar surface area (TPSA) is 111 Å². The van der Waals surface area contributed by atoms with Gasteiger partial charge in [0.1, 0.15) is 17.5 Å². The highest BCUT2D eigenvalue weighted by Crippen LogP contribution is 2.47. The number of hydrogen-bond donors (Lipinski definition) is 2. The van der Waals surface area contributed by atoms with Crippen LogP contribution in [-0.2, 0) is 9.59 Å². The van der Waals surface area contributed by atoms with Gasteiger partial charge in [0.15, 0.2) is 0 Å². The minimum Gasteiger partial charge on any atom is -0.495 e. The lowest BCUT2D eigenvalue weighted by Crippen LogP contribution is -2.61. The van der Waals surface area contributed by atoms with Gasteiger partial charge in [-0.15, -0.1) is 0 Å². The Morgan fingerprint density at radius 3 is 2.75 bits per heavy atom. The summed E-state index contributed by atoms with van der Waals surface area (Å²) < 4.78 is 5.10. The minimum atomic E-state index is -1.20. The van der Waals surface area contributed by atoms with E-state index in [1.807, 2.05) is 6.07 Å². The molecule has 24 heavy (non-hydrogen) atoms. The summed E-state index contributed by atoms with van der Waals surface area (Å²) >= 11 is 0. The Kier molecular flexibility index (Phi) is 3.78. The predicted octanol–water partition coefficient (Wildman–Crippen LogP) is 0.974. The minimum absolute atomic E-state index is 0.0732. The number of fused-ring (bicyclic) bond motifs is 1. The van der Waals surface area contributed by atoms with Gasteiger partial charge in [0, 0.05) is 0 Å². The summed E-state index contributed by atoms with van der Waals surface area (Å²) in [5, 5.41) is 28.5. The third kappa shape index (κ3) is 2.15. The number of hydrogen-bond acceptors (Lipinski definition) is 5. The molecule has 0 spiro atoms. The molecule has 1 aromatic rings. The Hall–Kier alpha value is -2.85. The molecule has 0 radical (unpaired) electrons. The molecule has 0 aromatic heterocycles. The first kappa shape index (κ1) is 16.0. The van der Waals surface area contributed by atoms with Crippen LogP contribution in [0, 0.1) is 17.2 Å². The summed E-state index contributed by atoms with van der Waals surface area (Å²) in [7, 11) is 1.45. The van der Waals surface area contributed by atoms with Crippen LogP contribution >= 0.6 is 0 Å². The van der Waals surface area contributed by atoms with E-state index >= 15 is 0 Å². The van der Waals surface area contributed by atoms with Gasteiger partial charge in [0.05, 0.1) is 30.7 Å². The van der Waals surface area contributed by atoms with E-state index in [1.165, 1.54) is 18.9 Å². The van der Waals surface area contributed by atoms with Gasteiger partial charge >= 0.3 is 5.97 Å². The number of ether oxygens (including phenoxy) is 1. The highest BCUT2D eigenvalue weighted by molar-refractivity contribution is 6.06. The van der Waals surface area contributed by atoms with Crippen LogP contribution in [0.15, 0.2) is 23.9 Å². The van der Waals surface area contributed by atoms with Crippen LogP contribution in [0.4, 0.5) is 0 Å². The van der Waals surface area contributed by atoms with Crippen LogP contribution in [0.5, 0.6) is 5.75 Å². The molecule has 1 amide bonds. The van der Waals surface area contributed by atoms with E-state index in [0.29, 0.717) is 28.9 Å². The van der Waals surface area contributed by atoms with Gasteiger partial charge < -0.3 is 19.8 Å². The largest absolute Gasteiger partial charge is 0.495 e. The molecule has 2 aliphatic rings. The van der Waals surface area contributed by atoms with Gasteiger partial charge in [-0.05, 0) is 36.6 Å². The van der Waals surface area contributed by atoms with Crippen molar-refractivity contribution >= 4 is 17.4 Å². The van der Waals surface area contributed by atoms with Crippen LogP contribution < -0.4 is 4.74 Å². The SMILES string of the molecule is COc1ccc(C2=C(C(=O)O)N3C(=O)[C@H]([C@@H](C)O)[C@H]3C2)cc1C#N. The number of benzene rings is 1. The van der Waals surface area contributed by atoms with E-state index in [2.05, 4.69) is 0 Å². The van der Waals surface area contributed by atoms with Gasteiger partial charge in [-0.25, -0.2) is 4.79 Å². The molecule has 1 aromatic carbocycles. The van der Waals surface area contributed by atoms with E-state index in [0.717, 1.165) is 0 Å². The molecule has 124 valence electrons. The first-order valence-corrected chi connectivity index (χ1v) is 7.46. The summed E-state index contributed by atoms with van der Waals surface area (Å²) in [6, 6.07) is 6.49. The molecule has 3 rings (SSSR count). The second-order valence-corrected chi connectivity index (χ2v) is 5.91. The van der Waals surface area contributed by atoms with Gasteiger partial charge in [-0.3, -0.25) is 4.79 Å². The number of carbonyl (C=O) groups excluding carboxylic acids is 1. The van der Waals surface area contributed by atoms with Crippen molar-refractivity contribution in [3.8, 4) is 11.8 Å². The zero-order chi connectivity index (χ0) is 17.6. The average molecular weight is 328 g/mol. The zero-order valence-corrected chi connectivity index (χ0v) is 13.2. The molecule has 7 nitrogen and oxygen atoms in total. The van der Waals surface area contributed by atoms with Crippen molar-refractivity contribution in [1.29, 1.82) is 5.26 Å². The Balaban J connectivity index is 2.06. The van der Waals surface area contributed by atoms with E-state index in [1.54, 1.807) is 18.2 Å². The number of methoxy groups -OCH3 is 1. The van der Waals surface area contributed by atoms with E-state index < -0.39 is 18.0 Å². The zero-order valence-electron chi connectivity index (χ0n) is 13.2. The summed E-state index contributed by atoms with van der Waals surface area (Å²) in [5.74, 6) is -1.76. The molecule has 7 heteroatoms. The lowest BCUT2D eigenvalue weighted by molar-refractivity contribution is -0.161. The normalized spacial score (nSPS) is 23.4. The molecular formula is C17H16N2O5. The smallest absolute Gasteiger partial charge is 0.352 e. The standard InChI is InChI=1S/C17H16N2O5/c1-8(20)14-12-6-11(15(17(22)23)19(12)16(14)21)9-3-4-13(24-2)10(5-9)7-18/h3-5,8,12,14,20H,6H2,1-2H3,(H,22,23)/t8-,12-,14-/m1/s1. The van der Waals surface area contributed by atoms with Gasteiger partial charge in [0.25, 0.3) is 0 Å². The van der Waals surface area contributed by atoms with Crippen LogP contribution in [0.25, 0.3) is 5.57 Å². The number of nitrogens with zero attached hydrogens (tertiary/aromatic N) is 2. The second kappa shape index (κ2) is 5.65. The average Bonchev–Trinajstić information content (AvgIpc) is 2.89. The molecule has 1 fully saturated rings. The quantitative estimate of drug-likeness (QED) is 0.797. The number of rotatable bonds is 4. The number of amides is 1. The van der Waals surface area contributed by atoms with Crippen molar-refractivity contribution in [2.24, 2.45) is 5.92 Å². The number of β-lactam (4-membered cyclic amide) rings is 1. The molecule has 0 saturated carbocycles. The maximum Gasteiger partial charge on any atom is 0.352 e. The van der Waals surface area contributed by atoms with Crippen molar-refractivity contribution < 1.29 is 24.5 Å². The summed E-state index contributed by atoms with van der Waals surface area (Å²) in [5.41, 5.74) is 1.27. The molecule has 2 heterocycles. The highest BCUT2D eigenvalue weighted by atomic mass is 16.5. The second-order valence-electron chi connectivity index (χ2n) is 5.91. The molecule has 2 N–H and O–H groups in total. The van der Waals surface area contributed by atoms with Crippen molar-refractivity contribution in [2.45, 2.75) is 25.5 Å². The third-order valence-electron chi connectivity index (χ3n) is 4.60. The number of aliphatic carboxylic acids is 1. The first-order valence-electron chi connectivity index (χ1n) is 7.46. The maximum atomic E-state index is 12.2. The van der Waals surface area contributed by atoms with Crippen LogP contribution in [-0.4, -0.2) is 46.2 Å². The lowest BCUT2D eigenvalue weighted by Gasteiger charge is -2.44. The van der Waals surface area contributed by atoms with Crippen LogP contribution in [0.3, 0.4) is 0 Å². The number of aliphatic hydroxyl groups is 1. The Labute approximate surface area is 138 Å². The summed E-state index contributed by atoms with van der Waals surface area (Å²) in [6.07, 6.45) is -0.501. The van der Waals surface area contributed by atoms with E-state index in [4.69, 9.17) is 4.74 Å². The van der Waals surface area contributed by atoms with Gasteiger partial charge in [-0.2, -0.15) is 5.26 Å². The van der Waals surface area contributed by atoms with Gasteiger partial charge in [-0.1, -0.05) is 6.07 Å². The molecule has 0 unspecified atom stereocenters. The molecule has 3 atom stereocenters. The fourth-order valence-electron chi connectivity index (χ4n) is 3.51. The highest BCUT2D eigenvalue weighted by Gasteiger charge is 2.56. The predicted molar refractivity (Wildman–Crippen MR) is 82.7 cm³/mol.